The molecule has 0 atom stereocenters. The predicted molar refractivity (Wildman–Crippen MR) is 82.9 cm³/mol. The molecule has 0 aliphatic carbocycles. The highest BCUT2D eigenvalue weighted by molar-refractivity contribution is 9.11. The maximum atomic E-state index is 12.6. The largest absolute Gasteiger partial charge is 0.398 e. The van der Waals surface area contributed by atoms with Gasteiger partial charge in [-0.2, -0.15) is 0 Å². The van der Waals surface area contributed by atoms with Gasteiger partial charge in [0.2, 0.25) is 0 Å². The van der Waals surface area contributed by atoms with Gasteiger partial charge in [0, 0.05) is 17.9 Å². The normalized spacial score (nSPS) is 14.3. The van der Waals surface area contributed by atoms with Gasteiger partial charge < -0.3 is 10.6 Å². The van der Waals surface area contributed by atoms with Crippen LogP contribution in [-0.2, 0) is 6.42 Å². The zero-order chi connectivity index (χ0) is 13.4. The third-order valence-corrected chi connectivity index (χ3v) is 4.93. The second-order valence-corrected chi connectivity index (χ2v) is 6.97. The molecular weight excluding hydrogens is 324 g/mol. The SMILES string of the molecule is Nc1cccc2c1CCCN2C(=O)c1ccc(Br)s1. The van der Waals surface area contributed by atoms with Crippen LogP contribution >= 0.6 is 27.3 Å². The molecule has 0 spiro atoms. The summed E-state index contributed by atoms with van der Waals surface area (Å²) in [6.45, 7) is 0.755. The molecule has 1 amide bonds. The number of amides is 1. The van der Waals surface area contributed by atoms with Gasteiger partial charge in [0.05, 0.1) is 8.66 Å². The fourth-order valence-electron chi connectivity index (χ4n) is 2.42. The first-order valence-electron chi connectivity index (χ1n) is 6.11. The summed E-state index contributed by atoms with van der Waals surface area (Å²) in [5.74, 6) is 0.0576. The molecule has 2 heterocycles. The van der Waals surface area contributed by atoms with E-state index in [1.165, 1.54) is 11.3 Å². The Balaban J connectivity index is 2.00. The van der Waals surface area contributed by atoms with Crippen molar-refractivity contribution >= 4 is 44.5 Å². The van der Waals surface area contributed by atoms with E-state index < -0.39 is 0 Å². The number of nitrogens with two attached hydrogens (primary N) is 1. The standard InChI is InChI=1S/C14H13BrN2OS/c15-13-7-6-12(19-13)14(18)17-8-2-3-9-10(16)4-1-5-11(9)17/h1,4-7H,2-3,8,16H2. The number of nitrogens with zero attached hydrogens (tertiary/aromatic N) is 1. The van der Waals surface area contributed by atoms with E-state index in [0.717, 1.165) is 45.0 Å². The molecule has 98 valence electrons. The van der Waals surface area contributed by atoms with E-state index in [1.54, 1.807) is 0 Å². The van der Waals surface area contributed by atoms with Gasteiger partial charge >= 0.3 is 0 Å². The van der Waals surface area contributed by atoms with Crippen LogP contribution in [0.2, 0.25) is 0 Å². The molecule has 1 aromatic carbocycles. The number of hydrogen-bond donors (Lipinski definition) is 1. The first kappa shape index (κ1) is 12.7. The second-order valence-electron chi connectivity index (χ2n) is 4.51. The smallest absolute Gasteiger partial charge is 0.268 e. The summed E-state index contributed by atoms with van der Waals surface area (Å²) in [7, 11) is 0. The van der Waals surface area contributed by atoms with Crippen LogP contribution in [0.5, 0.6) is 0 Å². The quantitative estimate of drug-likeness (QED) is 0.807. The molecule has 19 heavy (non-hydrogen) atoms. The number of hydrogen-bond acceptors (Lipinski definition) is 3. The summed E-state index contributed by atoms with van der Waals surface area (Å²) in [4.78, 5) is 15.2. The number of halogens is 1. The maximum Gasteiger partial charge on any atom is 0.268 e. The van der Waals surface area contributed by atoms with Gasteiger partial charge in [-0.25, -0.2) is 0 Å². The third kappa shape index (κ3) is 2.28. The van der Waals surface area contributed by atoms with Gasteiger partial charge in [0.15, 0.2) is 0 Å². The Morgan fingerprint density at radius 3 is 2.89 bits per heavy atom. The van der Waals surface area contributed by atoms with Crippen LogP contribution in [0, 0.1) is 0 Å². The zero-order valence-corrected chi connectivity index (χ0v) is 12.6. The minimum atomic E-state index is 0.0576. The van der Waals surface area contributed by atoms with E-state index in [2.05, 4.69) is 15.9 Å². The Labute approximate surface area is 124 Å². The van der Waals surface area contributed by atoms with Crippen molar-refractivity contribution in [3.8, 4) is 0 Å². The van der Waals surface area contributed by atoms with Crippen LogP contribution in [0.4, 0.5) is 11.4 Å². The summed E-state index contributed by atoms with van der Waals surface area (Å²) in [5.41, 5.74) is 8.84. The summed E-state index contributed by atoms with van der Waals surface area (Å²) < 4.78 is 0.973. The molecule has 0 saturated carbocycles. The highest BCUT2D eigenvalue weighted by Crippen LogP contribution is 2.33. The predicted octanol–water partition coefficient (Wildman–Crippen LogP) is 3.69. The number of nitrogen functional groups attached to an aromatic ring is 1. The number of benzene rings is 1. The number of fused-ring (bicyclic) bond motifs is 1. The third-order valence-electron chi connectivity index (χ3n) is 3.32. The first-order valence-corrected chi connectivity index (χ1v) is 7.72. The molecule has 0 radical (unpaired) electrons. The average Bonchev–Trinajstić information content (AvgIpc) is 2.85. The Hall–Kier alpha value is -1.33. The van der Waals surface area contributed by atoms with Crippen molar-refractivity contribution in [1.29, 1.82) is 0 Å². The van der Waals surface area contributed by atoms with Gasteiger partial charge in [-0.1, -0.05) is 6.07 Å². The van der Waals surface area contributed by atoms with Crippen LogP contribution < -0.4 is 10.6 Å². The van der Waals surface area contributed by atoms with Gasteiger partial charge in [-0.3, -0.25) is 4.79 Å². The van der Waals surface area contributed by atoms with Crippen LogP contribution in [0.15, 0.2) is 34.1 Å². The molecule has 0 unspecified atom stereocenters. The summed E-state index contributed by atoms with van der Waals surface area (Å²) in [5, 5.41) is 0. The molecular formula is C14H13BrN2OS. The molecule has 2 aromatic rings. The van der Waals surface area contributed by atoms with E-state index in [0.29, 0.717) is 0 Å². The van der Waals surface area contributed by atoms with Crippen molar-refractivity contribution in [3.63, 3.8) is 0 Å². The monoisotopic (exact) mass is 336 g/mol. The molecule has 1 aromatic heterocycles. The molecule has 3 rings (SSSR count). The van der Waals surface area contributed by atoms with Crippen molar-refractivity contribution < 1.29 is 4.79 Å². The first-order chi connectivity index (χ1) is 9.16. The average molecular weight is 337 g/mol. The lowest BCUT2D eigenvalue weighted by Crippen LogP contribution is -2.35. The van der Waals surface area contributed by atoms with Gasteiger partial charge in [0.25, 0.3) is 5.91 Å². The fourth-order valence-corrected chi connectivity index (χ4v) is 3.76. The highest BCUT2D eigenvalue weighted by Gasteiger charge is 2.25. The van der Waals surface area contributed by atoms with E-state index in [9.17, 15) is 4.79 Å². The number of rotatable bonds is 1. The molecule has 1 aliphatic rings. The van der Waals surface area contributed by atoms with Crippen LogP contribution in [0.3, 0.4) is 0 Å². The van der Waals surface area contributed by atoms with Crippen molar-refractivity contribution in [2.45, 2.75) is 12.8 Å². The second kappa shape index (κ2) is 4.98. The topological polar surface area (TPSA) is 46.3 Å². The minimum Gasteiger partial charge on any atom is -0.398 e. The Morgan fingerprint density at radius 2 is 2.16 bits per heavy atom. The summed E-state index contributed by atoms with van der Waals surface area (Å²) in [6.07, 6.45) is 1.90. The Kier molecular flexibility index (Phi) is 3.33. The fraction of sp³-hybridized carbons (Fsp3) is 0.214. The van der Waals surface area contributed by atoms with E-state index in [-0.39, 0.29) is 5.91 Å². The van der Waals surface area contributed by atoms with Crippen molar-refractivity contribution in [3.05, 3.63) is 44.6 Å². The zero-order valence-electron chi connectivity index (χ0n) is 10.2. The molecule has 3 nitrogen and oxygen atoms in total. The lowest BCUT2D eigenvalue weighted by molar-refractivity contribution is 0.0989. The van der Waals surface area contributed by atoms with Gasteiger partial charge in [-0.15, -0.1) is 11.3 Å². The minimum absolute atomic E-state index is 0.0576. The highest BCUT2D eigenvalue weighted by atomic mass is 79.9. The molecule has 5 heteroatoms. The number of carbonyl (C=O) groups excluding carboxylic acids is 1. The molecule has 2 N–H and O–H groups in total. The number of thiophene rings is 1. The molecule has 0 fully saturated rings. The van der Waals surface area contributed by atoms with Gasteiger partial charge in [-0.05, 0) is 58.6 Å². The van der Waals surface area contributed by atoms with Crippen LogP contribution in [-0.4, -0.2) is 12.5 Å². The van der Waals surface area contributed by atoms with E-state index in [1.807, 2.05) is 35.2 Å². The lowest BCUT2D eigenvalue weighted by Gasteiger charge is -2.29. The van der Waals surface area contributed by atoms with E-state index >= 15 is 0 Å². The number of anilines is 2. The number of carbonyl (C=O) groups is 1. The summed E-state index contributed by atoms with van der Waals surface area (Å²) in [6, 6.07) is 9.55. The van der Waals surface area contributed by atoms with Crippen molar-refractivity contribution in [2.24, 2.45) is 0 Å². The Morgan fingerprint density at radius 1 is 1.32 bits per heavy atom. The van der Waals surface area contributed by atoms with Crippen molar-refractivity contribution in [2.75, 3.05) is 17.2 Å². The van der Waals surface area contributed by atoms with Gasteiger partial charge in [0.1, 0.15) is 0 Å². The van der Waals surface area contributed by atoms with Crippen LogP contribution in [0.25, 0.3) is 0 Å². The van der Waals surface area contributed by atoms with Crippen molar-refractivity contribution in [1.82, 2.24) is 0 Å². The lowest BCUT2D eigenvalue weighted by atomic mass is 10.00. The molecule has 0 bridgehead atoms. The summed E-state index contributed by atoms with van der Waals surface area (Å²) >= 11 is 4.86. The molecule has 0 saturated heterocycles. The van der Waals surface area contributed by atoms with Crippen LogP contribution in [0.1, 0.15) is 21.7 Å². The van der Waals surface area contributed by atoms with E-state index in [4.69, 9.17) is 5.73 Å². The maximum absolute atomic E-state index is 12.6. The molecule has 1 aliphatic heterocycles. The Bertz CT molecular complexity index is 638.